The average molecular weight is 1430 g/mol. The standard InChI is InChI=1S/C17H25N7O3.C17H23N7O3.C16H23NO4.C9H8N4O.C8H17N3O3/c2*1-17(2,3)13(19-16(26)27-5)15(25)21-18-10-11-6-8-12(9-7-11)14-20-23-24(4)22-14;1-16(2,3)21-15(18)17-13(14-10-20-14)9-11-5-7-12(19-4)8-6-11;1-13-11-9(10-12-13)8-4-2-7(6-14)3-5-8;1-8(2,3)5(6(12)11-9)10-7(13)14-4/h6-9,13,18H,10H2,1-5H3,(H,19,26)(H,21,25);6-10,13H,1-5H3,(H,19,26)(H,21,25);5-8,13-14H,9-10H2,1-4H3,(H,17,18);2-6H,1H3;5H,9H2,1-4H3,(H,10,13)(H,11,12)/b;18-10-;;;/t;;13-,14-;;/m..0../s1. The van der Waals surface area contributed by atoms with Gasteiger partial charge in [-0.2, -0.15) is 19.5 Å². The van der Waals surface area contributed by atoms with E-state index in [1.54, 1.807) is 52.5 Å². The first kappa shape index (κ1) is 84.0. The first-order valence-corrected chi connectivity index (χ1v) is 32.0. The third-order valence-electron chi connectivity index (χ3n) is 14.1. The summed E-state index contributed by atoms with van der Waals surface area (Å²) in [4.78, 5) is 96.4. The molecule has 4 aromatic carbocycles. The second kappa shape index (κ2) is 39.6. The van der Waals surface area contributed by atoms with Crippen molar-refractivity contribution in [1.82, 2.24) is 104 Å². The number of aromatic nitrogens is 12. The molecule has 1 fully saturated rings. The minimum atomic E-state index is -0.799. The number of nitrogens with one attached hydrogen (secondary N) is 8. The zero-order valence-electron chi connectivity index (χ0n) is 61.5. The van der Waals surface area contributed by atoms with Gasteiger partial charge in [-0.1, -0.05) is 147 Å². The van der Waals surface area contributed by atoms with Crippen LogP contribution in [0.15, 0.2) is 102 Å². The Hall–Kier alpha value is -11.4. The van der Waals surface area contributed by atoms with Crippen molar-refractivity contribution in [3.63, 3.8) is 0 Å². The number of benzene rings is 4. The molecule has 3 unspecified atom stereocenters. The van der Waals surface area contributed by atoms with Gasteiger partial charge in [0.2, 0.25) is 17.5 Å². The summed E-state index contributed by atoms with van der Waals surface area (Å²) in [6, 6.07) is 27.3. The molecule has 558 valence electrons. The number of methoxy groups -OCH3 is 4. The SMILES string of the molecule is COC(=O)NC(C(=O)N/N=C\c1ccc(-c2nnn(C)n2)cc1)C(C)(C)C.COC(=O)NC(C(=O)NN)C(C)(C)C.COC(=O)NC(C(=O)NNCc1ccc(-c2nnn(C)n2)cc1)C(C)(C)C.COc1ccc(C[C@H](NC(=O)OC(C)(C)C)[C@@H]2CO2)cc1.Cn1nnc(-c2ccc(C=O)cc2)n1. The number of ether oxygens (including phenoxy) is 6. The molecule has 8 rings (SSSR count). The molecule has 0 radical (unpaired) electrons. The lowest BCUT2D eigenvalue weighted by molar-refractivity contribution is -0.127. The highest BCUT2D eigenvalue weighted by Gasteiger charge is 2.37. The molecule has 36 nitrogen and oxygen atoms in total. The van der Waals surface area contributed by atoms with E-state index in [1.807, 2.05) is 161 Å². The van der Waals surface area contributed by atoms with Gasteiger partial charge in [-0.15, -0.1) is 30.6 Å². The first-order valence-electron chi connectivity index (χ1n) is 32.0. The molecule has 4 heterocycles. The van der Waals surface area contributed by atoms with Crippen molar-refractivity contribution in [3.8, 4) is 39.9 Å². The topological polar surface area (TPSA) is 461 Å². The second-order valence-corrected chi connectivity index (χ2v) is 26.9. The van der Waals surface area contributed by atoms with Crippen molar-refractivity contribution in [2.24, 2.45) is 48.3 Å². The Bertz CT molecular complexity index is 3870. The molecule has 0 saturated carbocycles. The van der Waals surface area contributed by atoms with Gasteiger partial charge in [-0.3, -0.25) is 30.0 Å². The van der Waals surface area contributed by atoms with Gasteiger partial charge < -0.3 is 49.7 Å². The van der Waals surface area contributed by atoms with E-state index in [-0.39, 0.29) is 18.1 Å². The van der Waals surface area contributed by atoms with Crippen molar-refractivity contribution in [2.45, 2.75) is 132 Å². The van der Waals surface area contributed by atoms with Crippen LogP contribution in [0.2, 0.25) is 0 Å². The summed E-state index contributed by atoms with van der Waals surface area (Å²) in [5, 5.41) is 49.7. The number of hydrazine groups is 2. The maximum Gasteiger partial charge on any atom is 0.407 e. The van der Waals surface area contributed by atoms with E-state index in [2.05, 4.69) is 103 Å². The molecule has 36 heteroatoms. The smallest absolute Gasteiger partial charge is 0.407 e. The number of carbonyl (C=O) groups excluding carboxylic acids is 8. The van der Waals surface area contributed by atoms with E-state index in [4.69, 9.17) is 20.1 Å². The molecule has 0 bridgehead atoms. The number of aryl methyl sites for hydroxylation is 3. The summed E-state index contributed by atoms with van der Waals surface area (Å²) in [5.74, 6) is 6.20. The molecule has 7 amide bonds. The lowest BCUT2D eigenvalue weighted by Crippen LogP contribution is -2.56. The fourth-order valence-electron chi connectivity index (χ4n) is 8.62. The predicted octanol–water partition coefficient (Wildman–Crippen LogP) is 4.83. The predicted molar refractivity (Wildman–Crippen MR) is 377 cm³/mol. The number of tetrazole rings is 3. The van der Waals surface area contributed by atoms with Gasteiger partial charge in [-0.25, -0.2) is 35.9 Å². The van der Waals surface area contributed by atoms with Gasteiger partial charge >= 0.3 is 24.4 Å². The third-order valence-corrected chi connectivity index (χ3v) is 14.1. The fourth-order valence-corrected chi connectivity index (χ4v) is 8.62. The number of hydrogen-bond donors (Lipinski definition) is 9. The second-order valence-electron chi connectivity index (χ2n) is 26.9. The quantitative estimate of drug-likeness (QED) is 0.00938. The number of carbonyl (C=O) groups is 8. The van der Waals surface area contributed by atoms with Crippen molar-refractivity contribution in [2.75, 3.05) is 35.0 Å². The highest BCUT2D eigenvalue weighted by Crippen LogP contribution is 2.24. The van der Waals surface area contributed by atoms with E-state index in [9.17, 15) is 38.4 Å². The Morgan fingerprint density at radius 3 is 1.28 bits per heavy atom. The molecular weight excluding hydrogens is 1340 g/mol. The van der Waals surface area contributed by atoms with Crippen molar-refractivity contribution >= 4 is 54.6 Å². The number of epoxide rings is 1. The highest BCUT2D eigenvalue weighted by atomic mass is 16.6. The van der Waals surface area contributed by atoms with Crippen LogP contribution in [0.3, 0.4) is 0 Å². The molecule has 3 aromatic heterocycles. The Labute approximate surface area is 597 Å². The summed E-state index contributed by atoms with van der Waals surface area (Å²) in [7, 11) is 10.5. The van der Waals surface area contributed by atoms with E-state index in [0.717, 1.165) is 45.4 Å². The number of nitrogens with two attached hydrogens (primary N) is 1. The van der Waals surface area contributed by atoms with Gasteiger partial charge in [0, 0.05) is 28.8 Å². The van der Waals surface area contributed by atoms with Crippen LogP contribution in [0.25, 0.3) is 34.2 Å². The minimum Gasteiger partial charge on any atom is -0.497 e. The number of nitrogens with zero attached hydrogens (tertiary/aromatic N) is 13. The van der Waals surface area contributed by atoms with Gasteiger partial charge in [0.25, 0.3) is 17.7 Å². The maximum absolute atomic E-state index is 12.4. The van der Waals surface area contributed by atoms with Crippen LogP contribution in [0, 0.1) is 16.2 Å². The first-order chi connectivity index (χ1) is 48.4. The van der Waals surface area contributed by atoms with E-state index in [0.29, 0.717) is 42.6 Å². The molecule has 10 N–H and O–H groups in total. The average Bonchev–Trinajstić information content (AvgIpc) is 1.81. The van der Waals surface area contributed by atoms with Gasteiger partial charge in [0.05, 0.1) is 68.4 Å². The van der Waals surface area contributed by atoms with E-state index < -0.39 is 76.2 Å². The van der Waals surface area contributed by atoms with Gasteiger partial charge in [0.15, 0.2) is 0 Å². The zero-order valence-corrected chi connectivity index (χ0v) is 61.5. The zero-order chi connectivity index (χ0) is 76.8. The van der Waals surface area contributed by atoms with E-state index >= 15 is 0 Å². The normalized spacial score (nSPS) is 13.5. The van der Waals surface area contributed by atoms with Crippen LogP contribution >= 0.6 is 0 Å². The largest absolute Gasteiger partial charge is 0.497 e. The van der Waals surface area contributed by atoms with Crippen LogP contribution in [0.4, 0.5) is 19.2 Å². The van der Waals surface area contributed by atoms with E-state index in [1.165, 1.54) is 41.9 Å². The number of hydrazone groups is 1. The Morgan fingerprint density at radius 1 is 0.544 bits per heavy atom. The molecule has 1 aliphatic rings. The number of hydrogen-bond acceptors (Lipinski definition) is 26. The Kier molecular flexibility index (Phi) is 32.3. The molecule has 0 aliphatic carbocycles. The Morgan fingerprint density at radius 2 is 0.932 bits per heavy atom. The molecular formula is C67H96N22O14. The van der Waals surface area contributed by atoms with Crippen LogP contribution in [-0.2, 0) is 72.2 Å². The number of aldehydes is 1. The van der Waals surface area contributed by atoms with Crippen LogP contribution in [-0.4, -0.2) is 186 Å². The summed E-state index contributed by atoms with van der Waals surface area (Å²) >= 11 is 0. The summed E-state index contributed by atoms with van der Waals surface area (Å²) in [6.07, 6.45) is 0.677. The Balaban J connectivity index is 0.000000280. The molecule has 1 saturated heterocycles. The van der Waals surface area contributed by atoms with Crippen LogP contribution < -0.4 is 53.5 Å². The summed E-state index contributed by atoms with van der Waals surface area (Å²) in [5.41, 5.74) is 14.0. The summed E-state index contributed by atoms with van der Waals surface area (Å²) < 4.78 is 29.3. The number of rotatable bonds is 20. The van der Waals surface area contributed by atoms with Crippen LogP contribution in [0.1, 0.15) is 110 Å². The molecule has 5 atom stereocenters. The molecule has 103 heavy (non-hydrogen) atoms. The number of amides is 7. The van der Waals surface area contributed by atoms with Crippen molar-refractivity contribution in [3.05, 3.63) is 119 Å². The molecule has 1 aliphatic heterocycles. The van der Waals surface area contributed by atoms with Gasteiger partial charge in [-0.05, 0) is 87.9 Å². The van der Waals surface area contributed by atoms with Crippen molar-refractivity contribution in [1.29, 1.82) is 0 Å². The monoisotopic (exact) mass is 1430 g/mol. The van der Waals surface area contributed by atoms with Crippen molar-refractivity contribution < 1.29 is 66.8 Å². The lowest BCUT2D eigenvalue weighted by Gasteiger charge is -2.29. The van der Waals surface area contributed by atoms with Gasteiger partial charge in [0.1, 0.15) is 41.9 Å². The fraction of sp³-hybridized carbons (Fsp3) is 0.463. The summed E-state index contributed by atoms with van der Waals surface area (Å²) in [6.45, 7) is 23.1. The molecule has 0 spiro atoms. The number of alkyl carbamates (subject to hydrolysis) is 4. The minimum absolute atomic E-state index is 0.0691. The maximum atomic E-state index is 12.4. The third kappa shape index (κ3) is 30.1. The van der Waals surface area contributed by atoms with Crippen LogP contribution in [0.5, 0.6) is 5.75 Å². The highest BCUT2D eigenvalue weighted by molar-refractivity contribution is 5.89. The lowest BCUT2D eigenvalue weighted by atomic mass is 9.86. The molecule has 7 aromatic rings.